The Bertz CT molecular complexity index is 711. The van der Waals surface area contributed by atoms with Gasteiger partial charge in [0.05, 0.1) is 31.6 Å². The molecular weight excluding hydrogens is 306 g/mol. The summed E-state index contributed by atoms with van der Waals surface area (Å²) >= 11 is 0. The number of anilines is 1. The number of nitrogens with one attached hydrogen (secondary N) is 2. The normalized spacial score (nSPS) is 16.3. The molecule has 1 aliphatic carbocycles. The first-order valence-corrected chi connectivity index (χ1v) is 8.19. The Labute approximate surface area is 141 Å². The molecule has 1 saturated carbocycles. The predicted octanol–water partition coefficient (Wildman–Crippen LogP) is 3.14. The molecule has 2 N–H and O–H groups in total. The average molecular weight is 329 g/mol. The van der Waals surface area contributed by atoms with Gasteiger partial charge in [-0.15, -0.1) is 0 Å². The smallest absolute Gasteiger partial charge is 0.320 e. The first kappa shape index (κ1) is 16.3. The van der Waals surface area contributed by atoms with Crippen LogP contribution in [0.15, 0.2) is 30.7 Å². The van der Waals surface area contributed by atoms with Crippen molar-refractivity contribution in [3.63, 3.8) is 0 Å². The van der Waals surface area contributed by atoms with E-state index in [1.807, 2.05) is 23.7 Å². The van der Waals surface area contributed by atoms with Crippen molar-refractivity contribution in [1.82, 2.24) is 20.1 Å². The highest BCUT2D eigenvalue weighted by atomic mass is 16.5. The molecule has 0 spiro atoms. The summed E-state index contributed by atoms with van der Waals surface area (Å²) in [6, 6.07) is 3.47. The Morgan fingerprint density at radius 3 is 2.83 bits per heavy atom. The fourth-order valence-electron chi connectivity index (χ4n) is 2.86. The lowest BCUT2D eigenvalue weighted by atomic mass is 10.1. The number of amides is 2. The number of nitrogens with zero attached hydrogens (tertiary/aromatic N) is 3. The Morgan fingerprint density at radius 1 is 1.33 bits per heavy atom. The summed E-state index contributed by atoms with van der Waals surface area (Å²) < 4.78 is 7.17. The number of hydrogen-bond donors (Lipinski definition) is 2. The summed E-state index contributed by atoms with van der Waals surface area (Å²) in [6.45, 7) is 4.04. The highest BCUT2D eigenvalue weighted by molar-refractivity contribution is 5.88. The summed E-state index contributed by atoms with van der Waals surface area (Å²) in [5.74, 6) is 2.02. The molecule has 2 heterocycles. The summed E-state index contributed by atoms with van der Waals surface area (Å²) in [7, 11) is 1.59. The number of carbonyl (C=O) groups excluding carboxylic acids is 1. The first-order chi connectivity index (χ1) is 11.6. The molecule has 2 aromatic rings. The predicted molar refractivity (Wildman–Crippen MR) is 91.0 cm³/mol. The first-order valence-electron chi connectivity index (χ1n) is 8.19. The van der Waals surface area contributed by atoms with Gasteiger partial charge in [-0.3, -0.25) is 10.3 Å². The van der Waals surface area contributed by atoms with Crippen LogP contribution in [0.2, 0.25) is 0 Å². The van der Waals surface area contributed by atoms with E-state index in [1.165, 1.54) is 12.8 Å². The van der Waals surface area contributed by atoms with Gasteiger partial charge in [-0.05, 0) is 38.7 Å². The second-order valence-corrected chi connectivity index (χ2v) is 6.18. The minimum absolute atomic E-state index is 0.208. The largest absolute Gasteiger partial charge is 0.495 e. The quantitative estimate of drug-likeness (QED) is 0.853. The summed E-state index contributed by atoms with van der Waals surface area (Å²) in [6.07, 6.45) is 7.49. The number of methoxy groups -OCH3 is 1. The van der Waals surface area contributed by atoms with Gasteiger partial charge < -0.3 is 10.1 Å². The van der Waals surface area contributed by atoms with Crippen molar-refractivity contribution in [1.29, 1.82) is 0 Å². The van der Waals surface area contributed by atoms with Gasteiger partial charge in [-0.25, -0.2) is 9.48 Å². The van der Waals surface area contributed by atoms with Gasteiger partial charge in [0.2, 0.25) is 0 Å². The van der Waals surface area contributed by atoms with Crippen molar-refractivity contribution in [2.75, 3.05) is 12.4 Å². The fraction of sp³-hybridized carbons (Fsp3) is 0.471. The average Bonchev–Trinajstić information content (AvgIpc) is 3.34. The molecule has 0 aromatic carbocycles. The molecule has 1 fully saturated rings. The summed E-state index contributed by atoms with van der Waals surface area (Å²) in [4.78, 5) is 16.4. The molecule has 0 aliphatic heterocycles. The van der Waals surface area contributed by atoms with Gasteiger partial charge in [0.25, 0.3) is 0 Å². The summed E-state index contributed by atoms with van der Waals surface area (Å²) in [5.41, 5.74) is 0.877. The van der Waals surface area contributed by atoms with Crippen LogP contribution >= 0.6 is 0 Å². The molecule has 24 heavy (non-hydrogen) atoms. The van der Waals surface area contributed by atoms with Crippen molar-refractivity contribution in [2.45, 2.75) is 38.8 Å². The number of ether oxygens (including phenoxy) is 1. The van der Waals surface area contributed by atoms with Crippen molar-refractivity contribution in [3.8, 4) is 5.75 Å². The van der Waals surface area contributed by atoms with Crippen LogP contribution in [-0.4, -0.2) is 27.9 Å². The number of urea groups is 1. The number of pyridine rings is 1. The van der Waals surface area contributed by atoms with Crippen LogP contribution in [0.5, 0.6) is 5.75 Å². The Morgan fingerprint density at radius 2 is 2.12 bits per heavy atom. The van der Waals surface area contributed by atoms with E-state index in [9.17, 15) is 4.79 Å². The van der Waals surface area contributed by atoms with Crippen LogP contribution in [0.4, 0.5) is 10.6 Å². The zero-order valence-electron chi connectivity index (χ0n) is 14.2. The van der Waals surface area contributed by atoms with Crippen LogP contribution < -0.4 is 15.4 Å². The van der Waals surface area contributed by atoms with E-state index in [-0.39, 0.29) is 12.1 Å². The zero-order valence-corrected chi connectivity index (χ0v) is 14.2. The van der Waals surface area contributed by atoms with Gasteiger partial charge in [0.1, 0.15) is 11.6 Å². The third kappa shape index (κ3) is 3.50. The molecule has 2 atom stereocenters. The third-order valence-electron chi connectivity index (χ3n) is 4.45. The minimum Gasteiger partial charge on any atom is -0.495 e. The molecule has 0 bridgehead atoms. The number of rotatable bonds is 6. The van der Waals surface area contributed by atoms with Gasteiger partial charge >= 0.3 is 6.03 Å². The van der Waals surface area contributed by atoms with Crippen LogP contribution in [0, 0.1) is 5.92 Å². The molecule has 3 rings (SSSR count). The Balaban J connectivity index is 1.64. The molecule has 1 aliphatic rings. The van der Waals surface area contributed by atoms with E-state index >= 15 is 0 Å². The maximum Gasteiger partial charge on any atom is 0.320 e. The van der Waals surface area contributed by atoms with Crippen LogP contribution in [0.25, 0.3) is 0 Å². The van der Waals surface area contributed by atoms with E-state index in [2.05, 4.69) is 27.6 Å². The molecule has 0 unspecified atom stereocenters. The molecule has 7 heteroatoms. The Hall–Kier alpha value is -2.57. The molecule has 2 aromatic heterocycles. The fourth-order valence-corrected chi connectivity index (χ4v) is 2.86. The van der Waals surface area contributed by atoms with Crippen molar-refractivity contribution < 1.29 is 9.53 Å². The molecular formula is C17H23N5O2. The van der Waals surface area contributed by atoms with Crippen LogP contribution in [-0.2, 0) is 0 Å². The van der Waals surface area contributed by atoms with Gasteiger partial charge in [-0.2, -0.15) is 5.10 Å². The zero-order chi connectivity index (χ0) is 17.1. The van der Waals surface area contributed by atoms with Crippen LogP contribution in [0.1, 0.15) is 44.3 Å². The van der Waals surface area contributed by atoms with Crippen LogP contribution in [0.3, 0.4) is 0 Å². The molecule has 0 saturated heterocycles. The molecule has 128 valence electrons. The minimum atomic E-state index is -0.272. The maximum atomic E-state index is 12.3. The second-order valence-electron chi connectivity index (χ2n) is 6.18. The van der Waals surface area contributed by atoms with Gasteiger partial charge in [-0.1, -0.05) is 0 Å². The SMILES string of the molecule is COc1cnccc1[C@H](C)NC(=O)Nc1ccnn1[C@H](C)C1CC1. The number of carbonyl (C=O) groups is 1. The third-order valence-corrected chi connectivity index (χ3v) is 4.45. The van der Waals surface area contributed by atoms with E-state index in [1.54, 1.807) is 25.7 Å². The van der Waals surface area contributed by atoms with E-state index in [4.69, 9.17) is 4.74 Å². The molecule has 2 amide bonds. The highest BCUT2D eigenvalue weighted by Gasteiger charge is 2.30. The maximum absolute atomic E-state index is 12.3. The number of aromatic nitrogens is 3. The topological polar surface area (TPSA) is 81.1 Å². The summed E-state index contributed by atoms with van der Waals surface area (Å²) in [5, 5.41) is 10.1. The monoisotopic (exact) mass is 329 g/mol. The van der Waals surface area contributed by atoms with Gasteiger partial charge in [0.15, 0.2) is 0 Å². The van der Waals surface area contributed by atoms with E-state index < -0.39 is 0 Å². The highest BCUT2D eigenvalue weighted by Crippen LogP contribution is 2.40. The van der Waals surface area contributed by atoms with Gasteiger partial charge in [0, 0.05) is 17.8 Å². The molecule has 7 nitrogen and oxygen atoms in total. The lowest BCUT2D eigenvalue weighted by Crippen LogP contribution is -2.32. The second kappa shape index (κ2) is 6.90. The number of hydrogen-bond acceptors (Lipinski definition) is 4. The van der Waals surface area contributed by atoms with E-state index in [0.717, 1.165) is 5.56 Å². The lowest BCUT2D eigenvalue weighted by molar-refractivity contribution is 0.248. The van der Waals surface area contributed by atoms with Crippen molar-refractivity contribution >= 4 is 11.8 Å². The Kier molecular flexibility index (Phi) is 4.69. The van der Waals surface area contributed by atoms with Crippen molar-refractivity contribution in [3.05, 3.63) is 36.3 Å². The van der Waals surface area contributed by atoms with Crippen molar-refractivity contribution in [2.24, 2.45) is 5.92 Å². The lowest BCUT2D eigenvalue weighted by Gasteiger charge is -2.19. The van der Waals surface area contributed by atoms with E-state index in [0.29, 0.717) is 23.5 Å². The molecule has 0 radical (unpaired) electrons. The standard InChI is InChI=1S/C17H23N5O2/c1-11(14-6-8-18-10-15(14)24-3)20-17(23)21-16-7-9-19-22(16)12(2)13-4-5-13/h6-13H,4-5H2,1-3H3,(H2,20,21,23)/t11-,12+/m0/s1.